The minimum Gasteiger partial charge on any atom is -0.382 e. The van der Waals surface area contributed by atoms with Crippen molar-refractivity contribution in [3.8, 4) is 11.1 Å². The summed E-state index contributed by atoms with van der Waals surface area (Å²) in [6, 6.07) is 21.7. The van der Waals surface area contributed by atoms with E-state index in [-0.39, 0.29) is 0 Å². The van der Waals surface area contributed by atoms with Gasteiger partial charge in [0.15, 0.2) is 0 Å². The monoisotopic (exact) mass is 384 g/mol. The van der Waals surface area contributed by atoms with E-state index in [1.54, 1.807) is 7.11 Å². The van der Waals surface area contributed by atoms with Crippen molar-refractivity contribution in [2.75, 3.05) is 26.9 Å². The fraction of sp³-hybridized carbons (Fsp3) is 0.238. The molecule has 0 aliphatic carbocycles. The normalized spacial score (nSPS) is 11.1. The molecule has 0 unspecified atom stereocenters. The Bertz CT molecular complexity index is 797. The number of ether oxygens (including phenoxy) is 2. The largest absolute Gasteiger partial charge is 0.382 e. The van der Waals surface area contributed by atoms with E-state index in [1.165, 1.54) is 27.5 Å². The molecule has 0 saturated carbocycles. The van der Waals surface area contributed by atoms with Gasteiger partial charge in [0.05, 0.1) is 19.8 Å². The smallest absolute Gasteiger partial charge is 0.0700 e. The van der Waals surface area contributed by atoms with Gasteiger partial charge in [-0.2, -0.15) is 0 Å². The topological polar surface area (TPSA) is 18.5 Å². The first-order valence-electron chi connectivity index (χ1n) is 8.11. The van der Waals surface area contributed by atoms with Gasteiger partial charge in [0.2, 0.25) is 0 Å². The average molecular weight is 385 g/mol. The standard InChI is InChI=1S/C21H21BrO2/c1-23-12-13-24-11-10-16-2-3-20-15-19(5-4-18(20)14-16)17-6-8-21(22)9-7-17/h2-9,14-15H,10-13H2,1H3. The Hall–Kier alpha value is -1.68. The van der Waals surface area contributed by atoms with Crippen molar-refractivity contribution in [1.29, 1.82) is 0 Å². The number of halogens is 1. The summed E-state index contributed by atoms with van der Waals surface area (Å²) >= 11 is 3.48. The predicted octanol–water partition coefficient (Wildman–Crippen LogP) is 5.47. The molecular formula is C21H21BrO2. The summed E-state index contributed by atoms with van der Waals surface area (Å²) in [4.78, 5) is 0. The fourth-order valence-corrected chi connectivity index (χ4v) is 2.97. The summed E-state index contributed by atoms with van der Waals surface area (Å²) in [6.07, 6.45) is 0.925. The van der Waals surface area contributed by atoms with Crippen LogP contribution >= 0.6 is 15.9 Å². The van der Waals surface area contributed by atoms with Crippen molar-refractivity contribution in [3.05, 3.63) is 70.7 Å². The Kier molecular flexibility index (Phi) is 6.02. The summed E-state index contributed by atoms with van der Waals surface area (Å²) in [5, 5.41) is 2.53. The molecule has 0 bridgehead atoms. The van der Waals surface area contributed by atoms with Gasteiger partial charge in [-0.3, -0.25) is 0 Å². The van der Waals surface area contributed by atoms with Crippen LogP contribution in [0.15, 0.2) is 65.1 Å². The fourth-order valence-electron chi connectivity index (χ4n) is 2.71. The van der Waals surface area contributed by atoms with E-state index >= 15 is 0 Å². The summed E-state index contributed by atoms with van der Waals surface area (Å²) in [5.41, 5.74) is 3.78. The molecule has 24 heavy (non-hydrogen) atoms. The minimum atomic E-state index is 0.649. The third-order valence-corrected chi connectivity index (χ3v) is 4.58. The van der Waals surface area contributed by atoms with Crippen LogP contribution in [0.5, 0.6) is 0 Å². The molecule has 0 spiro atoms. The van der Waals surface area contributed by atoms with Crippen LogP contribution in [0.2, 0.25) is 0 Å². The summed E-state index contributed by atoms with van der Waals surface area (Å²) in [6.45, 7) is 2.03. The van der Waals surface area contributed by atoms with Crippen molar-refractivity contribution < 1.29 is 9.47 Å². The molecule has 0 amide bonds. The lowest BCUT2D eigenvalue weighted by Crippen LogP contribution is -2.04. The Morgan fingerprint density at radius 1 is 0.750 bits per heavy atom. The van der Waals surface area contributed by atoms with Crippen molar-refractivity contribution in [2.45, 2.75) is 6.42 Å². The maximum absolute atomic E-state index is 5.55. The lowest BCUT2D eigenvalue weighted by atomic mass is 9.99. The predicted molar refractivity (Wildman–Crippen MR) is 103 cm³/mol. The molecule has 0 aliphatic heterocycles. The van der Waals surface area contributed by atoms with Crippen LogP contribution in [-0.2, 0) is 15.9 Å². The van der Waals surface area contributed by atoms with Crippen LogP contribution in [0.25, 0.3) is 21.9 Å². The Morgan fingerprint density at radius 3 is 2.25 bits per heavy atom. The van der Waals surface area contributed by atoms with E-state index in [0.29, 0.717) is 13.2 Å². The number of hydrogen-bond acceptors (Lipinski definition) is 2. The molecule has 0 radical (unpaired) electrons. The molecule has 3 heteroatoms. The molecule has 0 heterocycles. The molecule has 0 saturated heterocycles. The van der Waals surface area contributed by atoms with Crippen molar-refractivity contribution in [3.63, 3.8) is 0 Å². The van der Waals surface area contributed by atoms with Gasteiger partial charge in [-0.1, -0.05) is 58.4 Å². The van der Waals surface area contributed by atoms with Crippen molar-refractivity contribution in [2.24, 2.45) is 0 Å². The van der Waals surface area contributed by atoms with E-state index in [9.17, 15) is 0 Å². The minimum absolute atomic E-state index is 0.649. The Labute approximate surface area is 151 Å². The molecule has 0 fully saturated rings. The van der Waals surface area contributed by atoms with E-state index in [0.717, 1.165) is 17.5 Å². The average Bonchev–Trinajstić information content (AvgIpc) is 2.62. The van der Waals surface area contributed by atoms with E-state index in [1.807, 2.05) is 0 Å². The van der Waals surface area contributed by atoms with Crippen LogP contribution < -0.4 is 0 Å². The van der Waals surface area contributed by atoms with Crippen LogP contribution in [0.1, 0.15) is 5.56 Å². The highest BCUT2D eigenvalue weighted by atomic mass is 79.9. The second-order valence-corrected chi connectivity index (χ2v) is 6.67. The van der Waals surface area contributed by atoms with Crippen molar-refractivity contribution >= 4 is 26.7 Å². The van der Waals surface area contributed by atoms with Gasteiger partial charge >= 0.3 is 0 Å². The highest BCUT2D eigenvalue weighted by Crippen LogP contribution is 2.26. The second-order valence-electron chi connectivity index (χ2n) is 5.76. The third kappa shape index (κ3) is 4.44. The number of fused-ring (bicyclic) bond motifs is 1. The maximum Gasteiger partial charge on any atom is 0.0700 e. The zero-order valence-electron chi connectivity index (χ0n) is 13.8. The molecule has 2 nitrogen and oxygen atoms in total. The molecule has 3 aromatic carbocycles. The van der Waals surface area contributed by atoms with Crippen LogP contribution in [0.3, 0.4) is 0 Å². The van der Waals surface area contributed by atoms with Gasteiger partial charge in [0.25, 0.3) is 0 Å². The molecule has 0 N–H and O–H groups in total. The number of rotatable bonds is 7. The van der Waals surface area contributed by atoms with E-state index in [2.05, 4.69) is 76.6 Å². The highest BCUT2D eigenvalue weighted by Gasteiger charge is 2.02. The number of benzene rings is 3. The molecule has 0 atom stereocenters. The van der Waals surface area contributed by atoms with Gasteiger partial charge in [-0.15, -0.1) is 0 Å². The van der Waals surface area contributed by atoms with E-state index < -0.39 is 0 Å². The first-order chi connectivity index (χ1) is 11.8. The molecule has 0 aliphatic rings. The summed E-state index contributed by atoms with van der Waals surface area (Å²) in [7, 11) is 1.69. The third-order valence-electron chi connectivity index (χ3n) is 4.05. The van der Waals surface area contributed by atoms with Crippen LogP contribution in [0, 0.1) is 0 Å². The molecule has 124 valence electrons. The molecular weight excluding hydrogens is 364 g/mol. The van der Waals surface area contributed by atoms with Crippen LogP contribution in [-0.4, -0.2) is 26.9 Å². The quantitative estimate of drug-likeness (QED) is 0.502. The van der Waals surface area contributed by atoms with Gasteiger partial charge in [0, 0.05) is 11.6 Å². The SMILES string of the molecule is COCCOCCc1ccc2cc(-c3ccc(Br)cc3)ccc2c1. The Balaban J connectivity index is 1.72. The lowest BCUT2D eigenvalue weighted by molar-refractivity contribution is 0.0722. The van der Waals surface area contributed by atoms with Gasteiger partial charge < -0.3 is 9.47 Å². The zero-order chi connectivity index (χ0) is 16.8. The molecule has 0 aromatic heterocycles. The van der Waals surface area contributed by atoms with Gasteiger partial charge in [0.1, 0.15) is 0 Å². The van der Waals surface area contributed by atoms with Crippen molar-refractivity contribution in [1.82, 2.24) is 0 Å². The maximum atomic E-state index is 5.55. The highest BCUT2D eigenvalue weighted by molar-refractivity contribution is 9.10. The molecule has 3 aromatic rings. The number of hydrogen-bond donors (Lipinski definition) is 0. The first kappa shape index (κ1) is 17.2. The first-order valence-corrected chi connectivity index (χ1v) is 8.91. The van der Waals surface area contributed by atoms with E-state index in [4.69, 9.17) is 9.47 Å². The molecule has 3 rings (SSSR count). The van der Waals surface area contributed by atoms with Gasteiger partial charge in [-0.05, 0) is 52.1 Å². The second kappa shape index (κ2) is 8.43. The van der Waals surface area contributed by atoms with Crippen LogP contribution in [0.4, 0.5) is 0 Å². The zero-order valence-corrected chi connectivity index (χ0v) is 15.4. The summed E-state index contributed by atoms with van der Waals surface area (Å²) in [5.74, 6) is 0. The Morgan fingerprint density at radius 2 is 1.46 bits per heavy atom. The summed E-state index contributed by atoms with van der Waals surface area (Å²) < 4.78 is 11.6. The lowest BCUT2D eigenvalue weighted by Gasteiger charge is -2.08. The number of methoxy groups -OCH3 is 1. The van der Waals surface area contributed by atoms with Gasteiger partial charge in [-0.25, -0.2) is 0 Å².